The molecule has 1 amide bonds. The SMILES string of the molecule is Cc1cccc(OCC(=O)N2CC(N(CC3CC3)C3CCOCC3)C2)c1. The monoisotopic (exact) mass is 358 g/mol. The van der Waals surface area contributed by atoms with Gasteiger partial charge in [0.25, 0.3) is 5.91 Å². The van der Waals surface area contributed by atoms with Crippen molar-refractivity contribution in [3.8, 4) is 5.75 Å². The van der Waals surface area contributed by atoms with Crippen LogP contribution in [-0.4, -0.2) is 67.2 Å². The van der Waals surface area contributed by atoms with Gasteiger partial charge in [-0.2, -0.15) is 0 Å². The van der Waals surface area contributed by atoms with Gasteiger partial charge >= 0.3 is 0 Å². The number of likely N-dealkylation sites (tertiary alicyclic amines) is 1. The van der Waals surface area contributed by atoms with Crippen molar-refractivity contribution in [2.45, 2.75) is 44.7 Å². The predicted octanol–water partition coefficient (Wildman–Crippen LogP) is 2.48. The Kier molecular flexibility index (Phi) is 5.46. The first-order valence-corrected chi connectivity index (χ1v) is 10.00. The molecule has 0 N–H and O–H groups in total. The lowest BCUT2D eigenvalue weighted by Crippen LogP contribution is -2.64. The molecule has 1 aromatic carbocycles. The molecule has 0 atom stereocenters. The summed E-state index contributed by atoms with van der Waals surface area (Å²) in [5.41, 5.74) is 1.14. The lowest BCUT2D eigenvalue weighted by atomic mass is 9.99. The Labute approximate surface area is 156 Å². The average molecular weight is 358 g/mol. The zero-order valence-electron chi connectivity index (χ0n) is 15.7. The first kappa shape index (κ1) is 17.8. The number of hydrogen-bond acceptors (Lipinski definition) is 4. The van der Waals surface area contributed by atoms with Crippen LogP contribution in [-0.2, 0) is 9.53 Å². The van der Waals surface area contributed by atoms with Gasteiger partial charge in [-0.15, -0.1) is 0 Å². The second-order valence-electron chi connectivity index (χ2n) is 8.04. The lowest BCUT2D eigenvalue weighted by Gasteiger charge is -2.49. The first-order valence-electron chi connectivity index (χ1n) is 10.00. The molecule has 0 unspecified atom stereocenters. The molecule has 3 aliphatic rings. The van der Waals surface area contributed by atoms with E-state index in [1.165, 1.54) is 19.4 Å². The number of aryl methyl sites for hydroxylation is 1. The fraction of sp³-hybridized carbons (Fsp3) is 0.667. The molecule has 5 nitrogen and oxygen atoms in total. The van der Waals surface area contributed by atoms with Crippen LogP contribution >= 0.6 is 0 Å². The van der Waals surface area contributed by atoms with E-state index in [4.69, 9.17) is 9.47 Å². The molecule has 1 saturated carbocycles. The molecule has 4 rings (SSSR count). The molecule has 1 aliphatic carbocycles. The van der Waals surface area contributed by atoms with Crippen LogP contribution < -0.4 is 4.74 Å². The first-order chi connectivity index (χ1) is 12.7. The average Bonchev–Trinajstić information content (AvgIpc) is 3.43. The molecule has 5 heteroatoms. The summed E-state index contributed by atoms with van der Waals surface area (Å²) >= 11 is 0. The van der Waals surface area contributed by atoms with Gasteiger partial charge in [-0.25, -0.2) is 0 Å². The van der Waals surface area contributed by atoms with Gasteiger partial charge in [0, 0.05) is 44.9 Å². The molecule has 0 aromatic heterocycles. The summed E-state index contributed by atoms with van der Waals surface area (Å²) in [6.45, 7) is 6.82. The Morgan fingerprint density at radius 1 is 1.19 bits per heavy atom. The van der Waals surface area contributed by atoms with Crippen molar-refractivity contribution in [1.29, 1.82) is 0 Å². The van der Waals surface area contributed by atoms with Crippen LogP contribution in [0.25, 0.3) is 0 Å². The zero-order valence-corrected chi connectivity index (χ0v) is 15.7. The van der Waals surface area contributed by atoms with Crippen LogP contribution in [0.2, 0.25) is 0 Å². The number of rotatable bonds is 7. The third-order valence-electron chi connectivity index (χ3n) is 5.86. The molecule has 3 fully saturated rings. The Hall–Kier alpha value is -1.59. The van der Waals surface area contributed by atoms with E-state index in [0.29, 0.717) is 12.1 Å². The number of carbonyl (C=O) groups excluding carboxylic acids is 1. The molecule has 26 heavy (non-hydrogen) atoms. The maximum absolute atomic E-state index is 12.4. The van der Waals surface area contributed by atoms with E-state index in [2.05, 4.69) is 4.90 Å². The second-order valence-corrected chi connectivity index (χ2v) is 8.04. The van der Waals surface area contributed by atoms with E-state index in [1.807, 2.05) is 36.1 Å². The molecule has 2 saturated heterocycles. The van der Waals surface area contributed by atoms with Crippen LogP contribution in [0.4, 0.5) is 0 Å². The maximum atomic E-state index is 12.4. The van der Waals surface area contributed by atoms with Crippen LogP contribution in [0.15, 0.2) is 24.3 Å². The highest BCUT2D eigenvalue weighted by atomic mass is 16.5. The molecule has 2 heterocycles. The fourth-order valence-corrected chi connectivity index (χ4v) is 4.02. The summed E-state index contributed by atoms with van der Waals surface area (Å²) in [5.74, 6) is 1.75. The van der Waals surface area contributed by atoms with E-state index in [0.717, 1.165) is 56.4 Å². The number of amides is 1. The standard InChI is InChI=1S/C21H30N2O3/c1-16-3-2-4-20(11-16)26-15-21(24)22-13-19(14-22)23(12-17-5-6-17)18-7-9-25-10-8-18/h2-4,11,17-19H,5-10,12-15H2,1H3. The van der Waals surface area contributed by atoms with Gasteiger partial charge in [-0.3, -0.25) is 9.69 Å². The van der Waals surface area contributed by atoms with E-state index >= 15 is 0 Å². The van der Waals surface area contributed by atoms with Crippen LogP contribution in [0.1, 0.15) is 31.2 Å². The summed E-state index contributed by atoms with van der Waals surface area (Å²) in [7, 11) is 0. The minimum absolute atomic E-state index is 0.0982. The predicted molar refractivity (Wildman–Crippen MR) is 100 cm³/mol. The number of hydrogen-bond donors (Lipinski definition) is 0. The maximum Gasteiger partial charge on any atom is 0.260 e. The number of ether oxygens (including phenoxy) is 2. The largest absolute Gasteiger partial charge is 0.484 e. The van der Waals surface area contributed by atoms with Gasteiger partial charge in [0.1, 0.15) is 5.75 Å². The highest BCUT2D eigenvalue weighted by molar-refractivity contribution is 5.78. The minimum atomic E-state index is 0.0982. The minimum Gasteiger partial charge on any atom is -0.484 e. The van der Waals surface area contributed by atoms with E-state index < -0.39 is 0 Å². The normalized spacial score (nSPS) is 21.7. The molecule has 1 aromatic rings. The highest BCUT2D eigenvalue weighted by Crippen LogP contribution is 2.33. The Balaban J connectivity index is 1.26. The van der Waals surface area contributed by atoms with Crippen LogP contribution in [0.3, 0.4) is 0 Å². The second kappa shape index (κ2) is 7.97. The molecular weight excluding hydrogens is 328 g/mol. The number of benzene rings is 1. The van der Waals surface area contributed by atoms with Crippen molar-refractivity contribution in [2.24, 2.45) is 5.92 Å². The lowest BCUT2D eigenvalue weighted by molar-refractivity contribution is -0.142. The van der Waals surface area contributed by atoms with Gasteiger partial charge < -0.3 is 14.4 Å². The smallest absolute Gasteiger partial charge is 0.260 e. The summed E-state index contributed by atoms with van der Waals surface area (Å²) in [6, 6.07) is 9.01. The quantitative estimate of drug-likeness (QED) is 0.751. The van der Waals surface area contributed by atoms with Gasteiger partial charge in [-0.05, 0) is 56.2 Å². The molecule has 0 spiro atoms. The molecule has 0 bridgehead atoms. The zero-order chi connectivity index (χ0) is 17.9. The molecule has 142 valence electrons. The van der Waals surface area contributed by atoms with Crippen molar-refractivity contribution in [2.75, 3.05) is 39.5 Å². The van der Waals surface area contributed by atoms with Crippen LogP contribution in [0, 0.1) is 12.8 Å². The van der Waals surface area contributed by atoms with Gasteiger partial charge in [0.05, 0.1) is 0 Å². The third-order valence-corrected chi connectivity index (χ3v) is 5.86. The van der Waals surface area contributed by atoms with Crippen molar-refractivity contribution in [1.82, 2.24) is 9.80 Å². The van der Waals surface area contributed by atoms with Crippen molar-refractivity contribution in [3.05, 3.63) is 29.8 Å². The fourth-order valence-electron chi connectivity index (χ4n) is 4.02. The topological polar surface area (TPSA) is 42.0 Å². The molecular formula is C21H30N2O3. The van der Waals surface area contributed by atoms with Crippen molar-refractivity contribution in [3.63, 3.8) is 0 Å². The van der Waals surface area contributed by atoms with Crippen molar-refractivity contribution >= 4 is 5.91 Å². The molecule has 0 radical (unpaired) electrons. The van der Waals surface area contributed by atoms with Gasteiger partial charge in [0.2, 0.25) is 0 Å². The molecule has 2 aliphatic heterocycles. The van der Waals surface area contributed by atoms with Crippen molar-refractivity contribution < 1.29 is 14.3 Å². The van der Waals surface area contributed by atoms with E-state index in [1.54, 1.807) is 0 Å². The highest BCUT2D eigenvalue weighted by Gasteiger charge is 2.40. The number of carbonyl (C=O) groups is 1. The summed E-state index contributed by atoms with van der Waals surface area (Å²) < 4.78 is 11.2. The Bertz CT molecular complexity index is 619. The van der Waals surface area contributed by atoms with Gasteiger partial charge in [-0.1, -0.05) is 12.1 Å². The summed E-state index contributed by atoms with van der Waals surface area (Å²) in [4.78, 5) is 17.1. The van der Waals surface area contributed by atoms with Gasteiger partial charge in [0.15, 0.2) is 6.61 Å². The number of nitrogens with zero attached hydrogens (tertiary/aromatic N) is 2. The Morgan fingerprint density at radius 3 is 2.65 bits per heavy atom. The third kappa shape index (κ3) is 4.38. The van der Waals surface area contributed by atoms with E-state index in [9.17, 15) is 4.79 Å². The Morgan fingerprint density at radius 2 is 1.96 bits per heavy atom. The van der Waals surface area contributed by atoms with E-state index in [-0.39, 0.29) is 12.5 Å². The van der Waals surface area contributed by atoms with Crippen LogP contribution in [0.5, 0.6) is 5.75 Å². The summed E-state index contributed by atoms with van der Waals surface area (Å²) in [5, 5.41) is 0. The summed E-state index contributed by atoms with van der Waals surface area (Å²) in [6.07, 6.45) is 5.01.